The molecule has 1 aromatic rings. The number of rotatable bonds is 4. The summed E-state index contributed by atoms with van der Waals surface area (Å²) >= 11 is 0. The Labute approximate surface area is 172 Å². The van der Waals surface area contributed by atoms with Crippen LogP contribution in [0.15, 0.2) is 29.2 Å². The van der Waals surface area contributed by atoms with Gasteiger partial charge in [0, 0.05) is 39.3 Å². The number of sulfonamides is 1. The molecule has 2 heterocycles. The van der Waals surface area contributed by atoms with Gasteiger partial charge >= 0.3 is 0 Å². The highest BCUT2D eigenvalue weighted by Crippen LogP contribution is 2.36. The van der Waals surface area contributed by atoms with Crippen molar-refractivity contribution in [2.45, 2.75) is 37.0 Å². The molecular weight excluding hydrogens is 393 g/mol. The average molecular weight is 424 g/mol. The first-order valence-electron chi connectivity index (χ1n) is 10.7. The molecule has 8 heteroatoms. The number of nitrogens with zero attached hydrogens (tertiary/aromatic N) is 3. The van der Waals surface area contributed by atoms with E-state index >= 15 is 0 Å². The Hall–Kier alpha value is -1.51. The SMILES string of the molecule is O=C(CN1CCN(S(=O)(=O)c2ccccc2F)CC1)N1CC[C@H]2CCCC[C@@H]2C1. The van der Waals surface area contributed by atoms with E-state index in [1.54, 1.807) is 0 Å². The maximum absolute atomic E-state index is 13.9. The van der Waals surface area contributed by atoms with Crippen LogP contribution in [0.5, 0.6) is 0 Å². The average Bonchev–Trinajstić information content (AvgIpc) is 2.74. The van der Waals surface area contributed by atoms with Crippen LogP contribution in [0.25, 0.3) is 0 Å². The molecule has 29 heavy (non-hydrogen) atoms. The van der Waals surface area contributed by atoms with E-state index in [-0.39, 0.29) is 23.9 Å². The summed E-state index contributed by atoms with van der Waals surface area (Å²) in [6.45, 7) is 3.58. The highest BCUT2D eigenvalue weighted by atomic mass is 32.2. The second kappa shape index (κ2) is 8.70. The zero-order valence-electron chi connectivity index (χ0n) is 16.8. The summed E-state index contributed by atoms with van der Waals surface area (Å²) in [6.07, 6.45) is 6.27. The monoisotopic (exact) mass is 423 g/mol. The van der Waals surface area contributed by atoms with Crippen LogP contribution in [0.4, 0.5) is 4.39 Å². The first-order chi connectivity index (χ1) is 13.9. The fourth-order valence-electron chi connectivity index (χ4n) is 5.04. The van der Waals surface area contributed by atoms with E-state index in [1.807, 2.05) is 9.80 Å². The highest BCUT2D eigenvalue weighted by molar-refractivity contribution is 7.89. The van der Waals surface area contributed by atoms with E-state index in [4.69, 9.17) is 0 Å². The molecule has 1 saturated carbocycles. The van der Waals surface area contributed by atoms with Crippen LogP contribution in [0.2, 0.25) is 0 Å². The molecule has 6 nitrogen and oxygen atoms in total. The highest BCUT2D eigenvalue weighted by Gasteiger charge is 2.34. The first-order valence-corrected chi connectivity index (χ1v) is 12.1. The predicted molar refractivity (Wildman–Crippen MR) is 108 cm³/mol. The fourth-order valence-corrected chi connectivity index (χ4v) is 6.53. The lowest BCUT2D eigenvalue weighted by Crippen LogP contribution is -2.53. The van der Waals surface area contributed by atoms with Crippen molar-refractivity contribution in [3.63, 3.8) is 0 Å². The third kappa shape index (κ3) is 4.49. The molecule has 1 aromatic carbocycles. The largest absolute Gasteiger partial charge is 0.341 e. The normalized spacial score (nSPS) is 26.9. The number of benzene rings is 1. The summed E-state index contributed by atoms with van der Waals surface area (Å²) in [5, 5.41) is 0. The Balaban J connectivity index is 1.30. The van der Waals surface area contributed by atoms with Gasteiger partial charge in [-0.15, -0.1) is 0 Å². The zero-order chi connectivity index (χ0) is 20.4. The van der Waals surface area contributed by atoms with E-state index in [0.717, 1.165) is 31.5 Å². The minimum atomic E-state index is -3.84. The minimum absolute atomic E-state index is 0.152. The molecule has 2 aliphatic heterocycles. The summed E-state index contributed by atoms with van der Waals surface area (Å²) in [6, 6.07) is 5.47. The number of hydrogen-bond donors (Lipinski definition) is 0. The smallest absolute Gasteiger partial charge is 0.246 e. The summed E-state index contributed by atoms with van der Waals surface area (Å²) in [5.41, 5.74) is 0. The van der Waals surface area contributed by atoms with Crippen LogP contribution in [-0.2, 0) is 14.8 Å². The number of carbonyl (C=O) groups is 1. The van der Waals surface area contributed by atoms with Gasteiger partial charge in [0.2, 0.25) is 15.9 Å². The van der Waals surface area contributed by atoms with E-state index in [9.17, 15) is 17.6 Å². The Morgan fingerprint density at radius 2 is 1.66 bits per heavy atom. The van der Waals surface area contributed by atoms with Gasteiger partial charge in [-0.1, -0.05) is 31.4 Å². The molecule has 0 aromatic heterocycles. The molecule has 1 amide bonds. The summed E-state index contributed by atoms with van der Waals surface area (Å²) in [5.74, 6) is 0.875. The van der Waals surface area contributed by atoms with Crippen molar-refractivity contribution >= 4 is 15.9 Å². The third-order valence-electron chi connectivity index (χ3n) is 6.79. The second-order valence-corrected chi connectivity index (χ2v) is 10.5. The lowest BCUT2D eigenvalue weighted by atomic mass is 9.75. The van der Waals surface area contributed by atoms with Gasteiger partial charge in [0.1, 0.15) is 10.7 Å². The molecule has 0 unspecified atom stereocenters. The fraction of sp³-hybridized carbons (Fsp3) is 0.667. The number of hydrogen-bond acceptors (Lipinski definition) is 4. The first kappa shape index (κ1) is 20.8. The number of piperidine rings is 1. The van der Waals surface area contributed by atoms with Gasteiger partial charge in [0.15, 0.2) is 0 Å². The topological polar surface area (TPSA) is 60.9 Å². The van der Waals surface area contributed by atoms with Gasteiger partial charge in [-0.05, 0) is 36.8 Å². The van der Waals surface area contributed by atoms with Crippen molar-refractivity contribution in [2.75, 3.05) is 45.8 Å². The quantitative estimate of drug-likeness (QED) is 0.745. The third-order valence-corrected chi connectivity index (χ3v) is 8.72. The number of halogens is 1. The zero-order valence-corrected chi connectivity index (χ0v) is 17.6. The standard InChI is InChI=1S/C21H30FN3O3S/c22-19-7-3-4-8-20(19)29(27,28)25-13-11-23(12-14-25)16-21(26)24-10-9-17-5-1-2-6-18(17)15-24/h3-4,7-8,17-18H,1-2,5-6,9-16H2/t17-,18-/m1/s1. The maximum Gasteiger partial charge on any atom is 0.246 e. The van der Waals surface area contributed by atoms with Crippen molar-refractivity contribution in [1.82, 2.24) is 14.1 Å². The molecule has 0 spiro atoms. The van der Waals surface area contributed by atoms with Crippen molar-refractivity contribution in [2.24, 2.45) is 11.8 Å². The number of piperazine rings is 1. The van der Waals surface area contributed by atoms with Gasteiger partial charge in [0.05, 0.1) is 6.54 Å². The van der Waals surface area contributed by atoms with Crippen LogP contribution in [0, 0.1) is 17.7 Å². The molecule has 1 aliphatic carbocycles. The second-order valence-electron chi connectivity index (χ2n) is 8.54. The van der Waals surface area contributed by atoms with Crippen molar-refractivity contribution < 1.29 is 17.6 Å². The molecule has 2 atom stereocenters. The Morgan fingerprint density at radius 1 is 0.966 bits per heavy atom. The van der Waals surface area contributed by atoms with E-state index < -0.39 is 15.8 Å². The number of amides is 1. The van der Waals surface area contributed by atoms with Crippen molar-refractivity contribution in [1.29, 1.82) is 0 Å². The van der Waals surface area contributed by atoms with Crippen molar-refractivity contribution in [3.8, 4) is 0 Å². The molecule has 3 fully saturated rings. The van der Waals surface area contributed by atoms with Crippen molar-refractivity contribution in [3.05, 3.63) is 30.1 Å². The molecule has 160 valence electrons. The summed E-state index contributed by atoms with van der Waals surface area (Å²) in [7, 11) is -3.84. The van der Waals surface area contributed by atoms with Crippen LogP contribution >= 0.6 is 0 Å². The van der Waals surface area contributed by atoms with Gasteiger partial charge in [-0.3, -0.25) is 9.69 Å². The van der Waals surface area contributed by atoms with E-state index in [1.165, 1.54) is 48.2 Å². The summed E-state index contributed by atoms with van der Waals surface area (Å²) < 4.78 is 40.7. The van der Waals surface area contributed by atoms with Gasteiger partial charge in [0.25, 0.3) is 0 Å². The van der Waals surface area contributed by atoms with Gasteiger partial charge in [-0.2, -0.15) is 4.31 Å². The maximum atomic E-state index is 13.9. The number of fused-ring (bicyclic) bond motifs is 1. The van der Waals surface area contributed by atoms with E-state index in [0.29, 0.717) is 25.6 Å². The number of carbonyl (C=O) groups excluding carboxylic acids is 1. The van der Waals surface area contributed by atoms with Gasteiger partial charge in [-0.25, -0.2) is 12.8 Å². The minimum Gasteiger partial charge on any atom is -0.341 e. The molecule has 3 aliphatic rings. The Kier molecular flexibility index (Phi) is 6.22. The Bertz CT molecular complexity index is 839. The molecular formula is C21H30FN3O3S. The molecule has 2 saturated heterocycles. The molecule has 0 bridgehead atoms. The lowest BCUT2D eigenvalue weighted by Gasteiger charge is -2.42. The number of likely N-dealkylation sites (tertiary alicyclic amines) is 1. The van der Waals surface area contributed by atoms with Crippen LogP contribution in [0.3, 0.4) is 0 Å². The predicted octanol–water partition coefficient (Wildman–Crippen LogP) is 2.17. The van der Waals surface area contributed by atoms with Crippen LogP contribution in [-0.4, -0.2) is 74.2 Å². The lowest BCUT2D eigenvalue weighted by molar-refractivity contribution is -0.135. The molecule has 0 radical (unpaired) electrons. The molecule has 4 rings (SSSR count). The van der Waals surface area contributed by atoms with Crippen LogP contribution < -0.4 is 0 Å². The van der Waals surface area contributed by atoms with Crippen LogP contribution in [0.1, 0.15) is 32.1 Å². The van der Waals surface area contributed by atoms with E-state index in [2.05, 4.69) is 0 Å². The summed E-state index contributed by atoms with van der Waals surface area (Å²) in [4.78, 5) is 16.5. The Morgan fingerprint density at radius 3 is 2.38 bits per heavy atom. The van der Waals surface area contributed by atoms with Gasteiger partial charge < -0.3 is 4.90 Å². The molecule has 0 N–H and O–H groups in total.